The lowest BCUT2D eigenvalue weighted by Crippen LogP contribution is -2.53. The van der Waals surface area contributed by atoms with Crippen LogP contribution >= 0.6 is 0 Å². The molecule has 0 radical (unpaired) electrons. The third-order valence-electron chi connectivity index (χ3n) is 6.14. The molecule has 0 aromatic carbocycles. The van der Waals surface area contributed by atoms with E-state index in [-0.39, 0.29) is 5.91 Å². The van der Waals surface area contributed by atoms with E-state index in [4.69, 9.17) is 0 Å². The molecule has 31 heavy (non-hydrogen) atoms. The zero-order valence-corrected chi connectivity index (χ0v) is 19.4. The molecule has 2 atom stereocenters. The summed E-state index contributed by atoms with van der Waals surface area (Å²) in [6.45, 7) is 2.07. The van der Waals surface area contributed by atoms with Gasteiger partial charge < -0.3 is 20.4 Å². The van der Waals surface area contributed by atoms with Crippen LogP contribution in [0, 0.1) is 0 Å². The van der Waals surface area contributed by atoms with E-state index in [1.807, 2.05) is 0 Å². The molecule has 0 spiro atoms. The fourth-order valence-electron chi connectivity index (χ4n) is 4.24. The molecule has 7 heteroatoms. The van der Waals surface area contributed by atoms with Crippen molar-refractivity contribution in [3.05, 3.63) is 0 Å². The summed E-state index contributed by atoms with van der Waals surface area (Å²) in [6, 6.07) is -1.92. The third kappa shape index (κ3) is 11.5. The maximum atomic E-state index is 12.5. The minimum Gasteiger partial charge on any atom is -0.480 e. The predicted molar refractivity (Wildman–Crippen MR) is 122 cm³/mol. The molecule has 1 saturated heterocycles. The van der Waals surface area contributed by atoms with Crippen molar-refractivity contribution >= 4 is 17.8 Å². The number of carboxylic acid groups (broad SMARTS) is 1. The van der Waals surface area contributed by atoms with E-state index in [1.165, 1.54) is 69.1 Å². The van der Waals surface area contributed by atoms with Crippen molar-refractivity contribution < 1.29 is 24.6 Å². The van der Waals surface area contributed by atoms with Gasteiger partial charge in [0.25, 0.3) is 0 Å². The zero-order valence-electron chi connectivity index (χ0n) is 19.4. The highest BCUT2D eigenvalue weighted by Crippen LogP contribution is 2.18. The number of carboxylic acids is 1. The maximum Gasteiger partial charge on any atom is 0.326 e. The van der Waals surface area contributed by atoms with Gasteiger partial charge in [-0.05, 0) is 19.3 Å². The molecule has 1 rings (SSSR count). The van der Waals surface area contributed by atoms with Crippen molar-refractivity contribution in [3.8, 4) is 0 Å². The summed E-state index contributed by atoms with van der Waals surface area (Å²) in [5, 5.41) is 21.3. The molecule has 0 aromatic rings. The molecule has 2 amide bonds. The number of likely N-dealkylation sites (tertiary alicyclic amines) is 1. The van der Waals surface area contributed by atoms with Crippen LogP contribution in [0.3, 0.4) is 0 Å². The van der Waals surface area contributed by atoms with Gasteiger partial charge in [0.1, 0.15) is 12.1 Å². The van der Waals surface area contributed by atoms with E-state index >= 15 is 0 Å². The first-order valence-corrected chi connectivity index (χ1v) is 12.4. The molecule has 1 heterocycles. The van der Waals surface area contributed by atoms with Crippen molar-refractivity contribution in [2.45, 2.75) is 122 Å². The molecule has 0 unspecified atom stereocenters. The van der Waals surface area contributed by atoms with E-state index in [1.54, 1.807) is 0 Å². The quantitative estimate of drug-likeness (QED) is 0.279. The number of hydrogen-bond donors (Lipinski definition) is 3. The van der Waals surface area contributed by atoms with Crippen molar-refractivity contribution in [2.24, 2.45) is 0 Å². The largest absolute Gasteiger partial charge is 0.480 e. The number of aliphatic carboxylic acids is 1. The topological polar surface area (TPSA) is 107 Å². The summed E-state index contributed by atoms with van der Waals surface area (Å²) in [5.41, 5.74) is 0. The van der Waals surface area contributed by atoms with Crippen LogP contribution in [0.5, 0.6) is 0 Å². The number of aliphatic hydroxyl groups excluding tert-OH is 1. The van der Waals surface area contributed by atoms with E-state index in [2.05, 4.69) is 12.2 Å². The third-order valence-corrected chi connectivity index (χ3v) is 6.14. The Kier molecular flexibility index (Phi) is 15.0. The Balaban J connectivity index is 2.07. The second-order valence-corrected chi connectivity index (χ2v) is 8.82. The molecule has 7 nitrogen and oxygen atoms in total. The molecular weight excluding hydrogens is 396 g/mol. The second kappa shape index (κ2) is 17.0. The number of nitrogens with one attached hydrogen (secondary N) is 1. The summed E-state index contributed by atoms with van der Waals surface area (Å²) in [5.74, 6) is -1.81. The van der Waals surface area contributed by atoms with Crippen LogP contribution < -0.4 is 5.32 Å². The Morgan fingerprint density at radius 1 is 0.903 bits per heavy atom. The lowest BCUT2D eigenvalue weighted by molar-refractivity contribution is -0.149. The SMILES string of the molecule is CCCCCCCCCCCCCCCC(=O)N[C@@H](CO)C(=O)N1CCC[C@H]1C(=O)O. The number of amides is 2. The van der Waals surface area contributed by atoms with Gasteiger partial charge in [-0.3, -0.25) is 9.59 Å². The van der Waals surface area contributed by atoms with Gasteiger partial charge in [0.2, 0.25) is 11.8 Å². The van der Waals surface area contributed by atoms with E-state index in [0.717, 1.165) is 19.3 Å². The predicted octanol–water partition coefficient (Wildman–Crippen LogP) is 4.02. The number of nitrogens with zero attached hydrogens (tertiary/aromatic N) is 1. The fraction of sp³-hybridized carbons (Fsp3) is 0.875. The lowest BCUT2D eigenvalue weighted by Gasteiger charge is -2.26. The summed E-state index contributed by atoms with van der Waals surface area (Å²) >= 11 is 0. The Morgan fingerprint density at radius 2 is 1.42 bits per heavy atom. The molecule has 0 aliphatic carbocycles. The fourth-order valence-corrected chi connectivity index (χ4v) is 4.24. The van der Waals surface area contributed by atoms with Crippen molar-refractivity contribution in [2.75, 3.05) is 13.2 Å². The molecule has 0 aromatic heterocycles. The van der Waals surface area contributed by atoms with Gasteiger partial charge in [-0.25, -0.2) is 4.79 Å². The van der Waals surface area contributed by atoms with Crippen LogP contribution in [0.2, 0.25) is 0 Å². The average Bonchev–Trinajstić information content (AvgIpc) is 3.25. The van der Waals surface area contributed by atoms with Crippen LogP contribution in [0.15, 0.2) is 0 Å². The smallest absolute Gasteiger partial charge is 0.326 e. The molecule has 1 aliphatic heterocycles. The molecule has 1 fully saturated rings. The first-order chi connectivity index (χ1) is 15.0. The summed E-state index contributed by atoms with van der Waals surface area (Å²) < 4.78 is 0. The molecule has 0 saturated carbocycles. The Hall–Kier alpha value is -1.63. The molecule has 0 bridgehead atoms. The minimum atomic E-state index is -1.06. The van der Waals surface area contributed by atoms with E-state index in [0.29, 0.717) is 25.8 Å². The highest BCUT2D eigenvalue weighted by Gasteiger charge is 2.37. The monoisotopic (exact) mass is 440 g/mol. The highest BCUT2D eigenvalue weighted by atomic mass is 16.4. The van der Waals surface area contributed by atoms with Crippen LogP contribution in [-0.4, -0.2) is 58.1 Å². The highest BCUT2D eigenvalue weighted by molar-refractivity contribution is 5.90. The lowest BCUT2D eigenvalue weighted by atomic mass is 10.0. The average molecular weight is 441 g/mol. The summed E-state index contributed by atoms with van der Waals surface area (Å²) in [4.78, 5) is 37.2. The van der Waals surface area contributed by atoms with Crippen LogP contribution in [-0.2, 0) is 14.4 Å². The summed E-state index contributed by atoms with van der Waals surface area (Å²) in [7, 11) is 0. The maximum absolute atomic E-state index is 12.5. The van der Waals surface area contributed by atoms with Gasteiger partial charge in [0, 0.05) is 13.0 Å². The standard InChI is InChI=1S/C24H44N2O5/c1-2-3-4-5-6-7-8-9-10-11-12-13-14-17-22(28)25-20(19-27)23(29)26-18-15-16-21(26)24(30)31/h20-21,27H,2-19H2,1H3,(H,25,28)(H,30,31)/t20-,21-/m0/s1. The number of rotatable bonds is 18. The number of carbonyl (C=O) groups is 3. The van der Waals surface area contributed by atoms with Gasteiger partial charge in [0.05, 0.1) is 6.61 Å². The van der Waals surface area contributed by atoms with Crippen LogP contribution in [0.4, 0.5) is 0 Å². The van der Waals surface area contributed by atoms with Gasteiger partial charge in [0.15, 0.2) is 0 Å². The second-order valence-electron chi connectivity index (χ2n) is 8.82. The summed E-state index contributed by atoms with van der Waals surface area (Å²) in [6.07, 6.45) is 17.4. The van der Waals surface area contributed by atoms with Gasteiger partial charge in [-0.1, -0.05) is 84.0 Å². The molecular formula is C24H44N2O5. The van der Waals surface area contributed by atoms with Gasteiger partial charge in [-0.15, -0.1) is 0 Å². The Morgan fingerprint density at radius 3 is 1.90 bits per heavy atom. The molecule has 1 aliphatic rings. The Bertz CT molecular complexity index is 526. The Labute approximate surface area is 188 Å². The van der Waals surface area contributed by atoms with Crippen LogP contribution in [0.25, 0.3) is 0 Å². The normalized spacial score (nSPS) is 17.0. The van der Waals surface area contributed by atoms with E-state index < -0.39 is 30.6 Å². The minimum absolute atomic E-state index is 0.262. The number of aliphatic hydroxyl groups is 1. The number of unbranched alkanes of at least 4 members (excludes halogenated alkanes) is 12. The van der Waals surface area contributed by atoms with Crippen LogP contribution in [0.1, 0.15) is 110 Å². The first-order valence-electron chi connectivity index (χ1n) is 12.4. The van der Waals surface area contributed by atoms with E-state index in [9.17, 15) is 24.6 Å². The van der Waals surface area contributed by atoms with Gasteiger partial charge >= 0.3 is 5.97 Å². The van der Waals surface area contributed by atoms with Crippen molar-refractivity contribution in [1.82, 2.24) is 10.2 Å². The molecule has 180 valence electrons. The molecule has 3 N–H and O–H groups in total. The first kappa shape index (κ1) is 27.4. The zero-order chi connectivity index (χ0) is 22.9. The van der Waals surface area contributed by atoms with Crippen molar-refractivity contribution in [1.29, 1.82) is 0 Å². The van der Waals surface area contributed by atoms with Crippen molar-refractivity contribution in [3.63, 3.8) is 0 Å². The number of hydrogen-bond acceptors (Lipinski definition) is 4. The number of carbonyl (C=O) groups excluding carboxylic acids is 2. The van der Waals surface area contributed by atoms with Gasteiger partial charge in [-0.2, -0.15) is 0 Å².